The number of halogens is 3. The molecule has 0 saturated carbocycles. The minimum Gasteiger partial charge on any atom is -0.468 e. The van der Waals surface area contributed by atoms with Crippen LogP contribution in [0, 0.1) is 10.1 Å². The molecule has 2 aromatic rings. The molecule has 0 radical (unpaired) electrons. The maximum absolute atomic E-state index is 12.8. The monoisotopic (exact) mass is 413 g/mol. The summed E-state index contributed by atoms with van der Waals surface area (Å²) in [7, 11) is 0. The predicted molar refractivity (Wildman–Crippen MR) is 95.1 cm³/mol. The van der Waals surface area contributed by atoms with E-state index < -0.39 is 17.7 Å². The standard InChI is InChI=1S/C17H14F3N3O4S/c18-17(19,20)10-27-14-6-3-12(9-21-14)15(24)22-7-8-28-16(22)11-1-4-13(5-2-11)23(25)26/h1-6,9,16H,7-8,10H2/t16-/m1/s1. The first-order valence-corrected chi connectivity index (χ1v) is 9.12. The summed E-state index contributed by atoms with van der Waals surface area (Å²) in [6.07, 6.45) is -3.30. The molecule has 11 heteroatoms. The van der Waals surface area contributed by atoms with Crippen LogP contribution in [-0.2, 0) is 0 Å². The number of nitrogens with zero attached hydrogens (tertiary/aromatic N) is 3. The normalized spacial score (nSPS) is 16.8. The maximum Gasteiger partial charge on any atom is 0.422 e. The number of hydrogen-bond donors (Lipinski definition) is 0. The average molecular weight is 413 g/mol. The molecule has 1 aromatic carbocycles. The number of pyridine rings is 1. The smallest absolute Gasteiger partial charge is 0.422 e. The second kappa shape index (κ2) is 8.05. The summed E-state index contributed by atoms with van der Waals surface area (Å²) < 4.78 is 41.1. The maximum atomic E-state index is 12.8. The lowest BCUT2D eigenvalue weighted by Crippen LogP contribution is -2.30. The summed E-state index contributed by atoms with van der Waals surface area (Å²) in [4.78, 5) is 28.4. The minimum atomic E-state index is -4.47. The number of benzene rings is 1. The van der Waals surface area contributed by atoms with Gasteiger partial charge in [0.2, 0.25) is 5.88 Å². The van der Waals surface area contributed by atoms with Crippen molar-refractivity contribution < 1.29 is 27.6 Å². The van der Waals surface area contributed by atoms with E-state index in [1.54, 1.807) is 17.0 Å². The minimum absolute atomic E-state index is 0.0386. The van der Waals surface area contributed by atoms with E-state index in [1.165, 1.54) is 42.2 Å². The van der Waals surface area contributed by atoms with Crippen molar-refractivity contribution in [3.05, 3.63) is 63.8 Å². The number of aromatic nitrogens is 1. The molecule has 1 aliphatic rings. The first kappa shape index (κ1) is 19.9. The molecule has 0 unspecified atom stereocenters. The van der Waals surface area contributed by atoms with Gasteiger partial charge in [-0.3, -0.25) is 14.9 Å². The predicted octanol–water partition coefficient (Wildman–Crippen LogP) is 3.82. The molecule has 1 aliphatic heterocycles. The molecule has 0 N–H and O–H groups in total. The van der Waals surface area contributed by atoms with Crippen LogP contribution in [-0.4, -0.2) is 45.8 Å². The third-order valence-electron chi connectivity index (χ3n) is 3.91. The van der Waals surface area contributed by atoms with Crippen molar-refractivity contribution in [2.75, 3.05) is 18.9 Å². The van der Waals surface area contributed by atoms with E-state index in [0.29, 0.717) is 12.3 Å². The Bertz CT molecular complexity index is 859. The zero-order valence-corrected chi connectivity index (χ0v) is 15.1. The molecule has 3 rings (SSSR count). The van der Waals surface area contributed by atoms with Crippen molar-refractivity contribution in [1.82, 2.24) is 9.88 Å². The van der Waals surface area contributed by atoms with E-state index in [1.807, 2.05) is 0 Å². The highest BCUT2D eigenvalue weighted by atomic mass is 32.2. The first-order chi connectivity index (χ1) is 13.2. The summed E-state index contributed by atoms with van der Waals surface area (Å²) in [6.45, 7) is -0.990. The largest absolute Gasteiger partial charge is 0.468 e. The Hall–Kier alpha value is -2.82. The Labute approximate surface area is 161 Å². The van der Waals surface area contributed by atoms with Crippen LogP contribution >= 0.6 is 11.8 Å². The number of thioether (sulfide) groups is 1. The number of alkyl halides is 3. The number of ether oxygens (including phenoxy) is 1. The number of nitro groups is 1. The summed E-state index contributed by atoms with van der Waals surface area (Å²) in [5.74, 6) is 0.132. The molecule has 0 aliphatic carbocycles. The molecule has 148 valence electrons. The molecule has 1 saturated heterocycles. The second-order valence-corrected chi connectivity index (χ2v) is 7.05. The van der Waals surface area contributed by atoms with Crippen LogP contribution in [0.2, 0.25) is 0 Å². The molecule has 7 nitrogen and oxygen atoms in total. The van der Waals surface area contributed by atoms with Crippen molar-refractivity contribution >= 4 is 23.4 Å². The number of carbonyl (C=O) groups is 1. The lowest BCUT2D eigenvalue weighted by atomic mass is 10.1. The van der Waals surface area contributed by atoms with E-state index in [2.05, 4.69) is 9.72 Å². The molecule has 0 bridgehead atoms. The summed E-state index contributed by atoms with van der Waals surface area (Å²) >= 11 is 1.52. The van der Waals surface area contributed by atoms with Gasteiger partial charge in [-0.15, -0.1) is 11.8 Å². The molecule has 0 spiro atoms. The lowest BCUT2D eigenvalue weighted by Gasteiger charge is -2.24. The SMILES string of the molecule is O=C(c1ccc(OCC(F)(F)F)nc1)N1CCS[C@@H]1c1ccc([N+](=O)[O-])cc1. The van der Waals surface area contributed by atoms with Gasteiger partial charge in [-0.2, -0.15) is 13.2 Å². The molecular formula is C17H14F3N3O4S. The number of amides is 1. The van der Waals surface area contributed by atoms with Crippen molar-refractivity contribution in [1.29, 1.82) is 0 Å². The van der Waals surface area contributed by atoms with Crippen LogP contribution < -0.4 is 4.74 Å². The summed E-state index contributed by atoms with van der Waals surface area (Å²) in [6, 6.07) is 8.54. The van der Waals surface area contributed by atoms with E-state index in [4.69, 9.17) is 0 Å². The fourth-order valence-electron chi connectivity index (χ4n) is 2.63. The Morgan fingerprint density at radius 1 is 1.29 bits per heavy atom. The van der Waals surface area contributed by atoms with Gasteiger partial charge in [0.15, 0.2) is 6.61 Å². The van der Waals surface area contributed by atoms with Gasteiger partial charge in [0.1, 0.15) is 5.37 Å². The third kappa shape index (κ3) is 4.71. The number of nitro benzene ring substituents is 1. The Morgan fingerprint density at radius 3 is 2.57 bits per heavy atom. The van der Waals surface area contributed by atoms with Gasteiger partial charge in [0.25, 0.3) is 11.6 Å². The van der Waals surface area contributed by atoms with Crippen LogP contribution in [0.3, 0.4) is 0 Å². The third-order valence-corrected chi connectivity index (χ3v) is 5.17. The van der Waals surface area contributed by atoms with Gasteiger partial charge in [-0.25, -0.2) is 4.98 Å². The molecule has 2 heterocycles. The van der Waals surface area contributed by atoms with Gasteiger partial charge in [0.05, 0.1) is 10.5 Å². The topological polar surface area (TPSA) is 85.6 Å². The molecular weight excluding hydrogens is 399 g/mol. The summed E-state index contributed by atoms with van der Waals surface area (Å²) in [5, 5.41) is 10.5. The lowest BCUT2D eigenvalue weighted by molar-refractivity contribution is -0.384. The van der Waals surface area contributed by atoms with Gasteiger partial charge in [-0.1, -0.05) is 0 Å². The molecule has 1 fully saturated rings. The second-order valence-electron chi connectivity index (χ2n) is 5.86. The summed E-state index contributed by atoms with van der Waals surface area (Å²) in [5.41, 5.74) is 0.927. The van der Waals surface area contributed by atoms with Crippen LogP contribution in [0.25, 0.3) is 0 Å². The van der Waals surface area contributed by atoms with E-state index in [0.717, 1.165) is 5.56 Å². The number of rotatable bonds is 5. The van der Waals surface area contributed by atoms with Crippen LogP contribution in [0.4, 0.5) is 18.9 Å². The number of hydrogen-bond acceptors (Lipinski definition) is 6. The van der Waals surface area contributed by atoms with Gasteiger partial charge < -0.3 is 9.64 Å². The average Bonchev–Trinajstić information content (AvgIpc) is 3.15. The molecule has 1 amide bonds. The Morgan fingerprint density at radius 2 is 2.00 bits per heavy atom. The van der Waals surface area contributed by atoms with Gasteiger partial charge >= 0.3 is 6.18 Å². The number of carbonyl (C=O) groups excluding carboxylic acids is 1. The fourth-order valence-corrected chi connectivity index (χ4v) is 3.88. The van der Waals surface area contributed by atoms with Crippen molar-refractivity contribution in [3.8, 4) is 5.88 Å². The van der Waals surface area contributed by atoms with Crippen molar-refractivity contribution in [2.24, 2.45) is 0 Å². The van der Waals surface area contributed by atoms with Crippen molar-refractivity contribution in [3.63, 3.8) is 0 Å². The first-order valence-electron chi connectivity index (χ1n) is 8.07. The number of non-ortho nitro benzene ring substituents is 1. The van der Waals surface area contributed by atoms with Crippen LogP contribution in [0.1, 0.15) is 21.3 Å². The zero-order valence-electron chi connectivity index (χ0n) is 14.3. The van der Waals surface area contributed by atoms with E-state index in [9.17, 15) is 28.1 Å². The Balaban J connectivity index is 1.71. The van der Waals surface area contributed by atoms with Gasteiger partial charge in [0, 0.05) is 36.7 Å². The molecule has 28 heavy (non-hydrogen) atoms. The quantitative estimate of drug-likeness (QED) is 0.547. The highest BCUT2D eigenvalue weighted by molar-refractivity contribution is 7.99. The molecule has 1 aromatic heterocycles. The Kier molecular flexibility index (Phi) is 5.73. The van der Waals surface area contributed by atoms with Crippen LogP contribution in [0.5, 0.6) is 5.88 Å². The zero-order chi connectivity index (χ0) is 20.3. The van der Waals surface area contributed by atoms with Gasteiger partial charge in [-0.05, 0) is 23.8 Å². The van der Waals surface area contributed by atoms with E-state index >= 15 is 0 Å². The highest BCUT2D eigenvalue weighted by Gasteiger charge is 2.32. The fraction of sp³-hybridized carbons (Fsp3) is 0.294. The van der Waals surface area contributed by atoms with Crippen molar-refractivity contribution in [2.45, 2.75) is 11.6 Å². The highest BCUT2D eigenvalue weighted by Crippen LogP contribution is 2.39. The molecule has 1 atom stereocenters. The van der Waals surface area contributed by atoms with Crippen LogP contribution in [0.15, 0.2) is 42.6 Å². The van der Waals surface area contributed by atoms with E-state index in [-0.39, 0.29) is 28.4 Å².